The minimum Gasteiger partial charge on any atom is -0.378 e. The summed E-state index contributed by atoms with van der Waals surface area (Å²) in [6, 6.07) is 1.38. The van der Waals surface area contributed by atoms with E-state index in [9.17, 15) is 0 Å². The third kappa shape index (κ3) is 8.27. The zero-order valence-corrected chi connectivity index (χ0v) is 18.1. The van der Waals surface area contributed by atoms with Crippen LogP contribution in [0.1, 0.15) is 91.9 Å². The molecule has 3 heteroatoms. The molecule has 2 rings (SSSR count). The standard InChI is InChI=1S/C23H46N2O/c1-5-7-8-10-20(4)24-22-15-23(16-22)26-18-21-11-13-25(14-12-21)17-19(3)9-6-2/h19-24H,5-18H2,1-4H3/t19?,20?,22-,23-. The Morgan fingerprint density at radius 3 is 2.38 bits per heavy atom. The normalized spacial score (nSPS) is 27.2. The van der Waals surface area contributed by atoms with Crippen molar-refractivity contribution in [1.29, 1.82) is 0 Å². The Morgan fingerprint density at radius 2 is 1.73 bits per heavy atom. The zero-order valence-electron chi connectivity index (χ0n) is 18.1. The van der Waals surface area contributed by atoms with E-state index in [1.165, 1.54) is 83.8 Å². The summed E-state index contributed by atoms with van der Waals surface area (Å²) in [7, 11) is 0. The molecule has 1 saturated carbocycles. The van der Waals surface area contributed by atoms with E-state index < -0.39 is 0 Å². The van der Waals surface area contributed by atoms with Crippen LogP contribution in [0.4, 0.5) is 0 Å². The highest BCUT2D eigenvalue weighted by Crippen LogP contribution is 2.27. The van der Waals surface area contributed by atoms with Crippen LogP contribution in [0, 0.1) is 11.8 Å². The maximum absolute atomic E-state index is 6.22. The third-order valence-corrected chi connectivity index (χ3v) is 6.48. The lowest BCUT2D eigenvalue weighted by atomic mass is 9.88. The molecule has 0 amide bonds. The molecular formula is C23H46N2O. The minimum absolute atomic E-state index is 0.526. The molecule has 0 aromatic heterocycles. The Hall–Kier alpha value is -0.120. The third-order valence-electron chi connectivity index (χ3n) is 6.48. The van der Waals surface area contributed by atoms with Crippen molar-refractivity contribution in [2.24, 2.45) is 11.8 Å². The maximum atomic E-state index is 6.22. The van der Waals surface area contributed by atoms with Gasteiger partial charge in [-0.3, -0.25) is 0 Å². The monoisotopic (exact) mass is 366 g/mol. The molecule has 1 aliphatic carbocycles. The first-order chi connectivity index (χ1) is 12.6. The predicted molar refractivity (Wildman–Crippen MR) is 113 cm³/mol. The van der Waals surface area contributed by atoms with Crippen LogP contribution in [-0.2, 0) is 4.74 Å². The number of unbranched alkanes of at least 4 members (excludes halogenated alkanes) is 2. The van der Waals surface area contributed by atoms with Crippen LogP contribution in [0.25, 0.3) is 0 Å². The summed E-state index contributed by atoms with van der Waals surface area (Å²) in [4.78, 5) is 2.68. The van der Waals surface area contributed by atoms with E-state index in [-0.39, 0.29) is 0 Å². The first kappa shape index (κ1) is 22.2. The average molecular weight is 367 g/mol. The van der Waals surface area contributed by atoms with Crippen LogP contribution in [0.5, 0.6) is 0 Å². The van der Waals surface area contributed by atoms with E-state index in [1.54, 1.807) is 0 Å². The molecule has 3 nitrogen and oxygen atoms in total. The molecule has 2 fully saturated rings. The quantitative estimate of drug-likeness (QED) is 0.451. The molecule has 2 aliphatic rings. The van der Waals surface area contributed by atoms with Crippen molar-refractivity contribution in [3.05, 3.63) is 0 Å². The van der Waals surface area contributed by atoms with Gasteiger partial charge in [-0.05, 0) is 70.4 Å². The smallest absolute Gasteiger partial charge is 0.0605 e. The molecule has 0 spiro atoms. The predicted octanol–water partition coefficient (Wildman–Crippen LogP) is 5.24. The van der Waals surface area contributed by atoms with E-state index in [1.807, 2.05) is 0 Å². The average Bonchev–Trinajstić information content (AvgIpc) is 2.58. The highest BCUT2D eigenvalue weighted by atomic mass is 16.5. The minimum atomic E-state index is 0.526. The van der Waals surface area contributed by atoms with Gasteiger partial charge in [-0.25, -0.2) is 0 Å². The fourth-order valence-electron chi connectivity index (χ4n) is 4.66. The fourth-order valence-corrected chi connectivity index (χ4v) is 4.66. The van der Waals surface area contributed by atoms with Crippen molar-refractivity contribution in [3.63, 3.8) is 0 Å². The summed E-state index contributed by atoms with van der Waals surface area (Å²) in [6.45, 7) is 14.2. The molecule has 0 aromatic carbocycles. The lowest BCUT2D eigenvalue weighted by Crippen LogP contribution is -2.49. The fraction of sp³-hybridized carbons (Fsp3) is 1.00. The summed E-state index contributed by atoms with van der Waals surface area (Å²) < 4.78 is 6.22. The Labute approximate surface area is 163 Å². The topological polar surface area (TPSA) is 24.5 Å². The number of ether oxygens (including phenoxy) is 1. The van der Waals surface area contributed by atoms with Gasteiger partial charge < -0.3 is 15.0 Å². The molecule has 1 heterocycles. The van der Waals surface area contributed by atoms with Gasteiger partial charge in [0.05, 0.1) is 6.10 Å². The maximum Gasteiger partial charge on any atom is 0.0605 e. The van der Waals surface area contributed by atoms with Gasteiger partial charge in [0.2, 0.25) is 0 Å². The van der Waals surface area contributed by atoms with Crippen LogP contribution in [0.2, 0.25) is 0 Å². The zero-order chi connectivity index (χ0) is 18.8. The molecular weight excluding hydrogens is 320 g/mol. The summed E-state index contributed by atoms with van der Waals surface area (Å²) in [5, 5.41) is 3.79. The summed E-state index contributed by atoms with van der Waals surface area (Å²) >= 11 is 0. The van der Waals surface area contributed by atoms with E-state index in [0.29, 0.717) is 18.2 Å². The van der Waals surface area contributed by atoms with Crippen molar-refractivity contribution in [2.45, 2.75) is 110 Å². The summed E-state index contributed by atoms with van der Waals surface area (Å²) in [6.07, 6.45) is 13.7. The van der Waals surface area contributed by atoms with Gasteiger partial charge in [0, 0.05) is 25.2 Å². The lowest BCUT2D eigenvalue weighted by molar-refractivity contribution is -0.0424. The molecule has 2 atom stereocenters. The summed E-state index contributed by atoms with van der Waals surface area (Å²) in [5.41, 5.74) is 0. The molecule has 0 radical (unpaired) electrons. The van der Waals surface area contributed by atoms with Gasteiger partial charge in [-0.2, -0.15) is 0 Å². The van der Waals surface area contributed by atoms with Crippen LogP contribution in [0.15, 0.2) is 0 Å². The molecule has 1 aliphatic heterocycles. The van der Waals surface area contributed by atoms with Crippen molar-refractivity contribution in [1.82, 2.24) is 10.2 Å². The molecule has 2 unspecified atom stereocenters. The molecule has 1 N–H and O–H groups in total. The Morgan fingerprint density at radius 1 is 1.00 bits per heavy atom. The largest absolute Gasteiger partial charge is 0.378 e. The molecule has 1 saturated heterocycles. The number of piperidine rings is 1. The number of hydrogen-bond acceptors (Lipinski definition) is 3. The second-order valence-corrected chi connectivity index (χ2v) is 9.32. The van der Waals surface area contributed by atoms with Crippen molar-refractivity contribution >= 4 is 0 Å². The number of likely N-dealkylation sites (tertiary alicyclic amines) is 1. The van der Waals surface area contributed by atoms with E-state index in [2.05, 4.69) is 37.9 Å². The second-order valence-electron chi connectivity index (χ2n) is 9.32. The summed E-state index contributed by atoms with van der Waals surface area (Å²) in [5.74, 6) is 1.66. The number of nitrogens with zero attached hydrogens (tertiary/aromatic N) is 1. The van der Waals surface area contributed by atoms with Crippen molar-refractivity contribution < 1.29 is 4.74 Å². The van der Waals surface area contributed by atoms with Crippen LogP contribution < -0.4 is 5.32 Å². The van der Waals surface area contributed by atoms with E-state index in [0.717, 1.165) is 18.4 Å². The number of nitrogens with one attached hydrogen (secondary N) is 1. The van der Waals surface area contributed by atoms with Gasteiger partial charge in [0.15, 0.2) is 0 Å². The Balaban J connectivity index is 1.48. The van der Waals surface area contributed by atoms with E-state index in [4.69, 9.17) is 4.74 Å². The van der Waals surface area contributed by atoms with Crippen molar-refractivity contribution in [3.8, 4) is 0 Å². The lowest BCUT2D eigenvalue weighted by Gasteiger charge is -2.39. The Kier molecular flexibility index (Phi) is 10.5. The molecule has 0 bridgehead atoms. The van der Waals surface area contributed by atoms with Gasteiger partial charge in [0.1, 0.15) is 0 Å². The molecule has 154 valence electrons. The Bertz CT molecular complexity index is 348. The van der Waals surface area contributed by atoms with Crippen LogP contribution in [0.3, 0.4) is 0 Å². The highest BCUT2D eigenvalue weighted by Gasteiger charge is 2.31. The first-order valence-corrected chi connectivity index (χ1v) is 11.7. The number of hydrogen-bond donors (Lipinski definition) is 1. The van der Waals surface area contributed by atoms with E-state index >= 15 is 0 Å². The van der Waals surface area contributed by atoms with Gasteiger partial charge >= 0.3 is 0 Å². The number of rotatable bonds is 13. The van der Waals surface area contributed by atoms with Crippen LogP contribution >= 0.6 is 0 Å². The van der Waals surface area contributed by atoms with Gasteiger partial charge in [0.25, 0.3) is 0 Å². The SMILES string of the molecule is CCCCCC(C)N[C@H]1C[C@H](OCC2CCN(CC(C)CCC)CC2)C1. The highest BCUT2D eigenvalue weighted by molar-refractivity contribution is 4.88. The molecule has 26 heavy (non-hydrogen) atoms. The van der Waals surface area contributed by atoms with Crippen LogP contribution in [-0.4, -0.2) is 49.3 Å². The molecule has 0 aromatic rings. The van der Waals surface area contributed by atoms with Crippen molar-refractivity contribution in [2.75, 3.05) is 26.2 Å². The first-order valence-electron chi connectivity index (χ1n) is 11.7. The van der Waals surface area contributed by atoms with Gasteiger partial charge in [-0.15, -0.1) is 0 Å². The van der Waals surface area contributed by atoms with Gasteiger partial charge in [-0.1, -0.05) is 46.5 Å². The second kappa shape index (κ2) is 12.4.